The summed E-state index contributed by atoms with van der Waals surface area (Å²) in [6.07, 6.45) is 4.91. The molecule has 0 aliphatic carbocycles. The summed E-state index contributed by atoms with van der Waals surface area (Å²) in [6.45, 7) is 0. The Morgan fingerprint density at radius 3 is 2.94 bits per heavy atom. The van der Waals surface area contributed by atoms with Crippen molar-refractivity contribution in [3.8, 4) is 5.82 Å². The monoisotopic (exact) mass is 268 g/mol. The van der Waals surface area contributed by atoms with Crippen molar-refractivity contribution >= 4 is 28.6 Å². The largest absolute Gasteiger partial charge is 0.276 e. The maximum absolute atomic E-state index is 11.2. The number of carbonyl (C=O) groups excluding carboxylic acids is 1. The number of carbonyl (C=O) groups is 1. The van der Waals surface area contributed by atoms with Crippen molar-refractivity contribution in [2.75, 3.05) is 6.26 Å². The van der Waals surface area contributed by atoms with Crippen LogP contribution in [0.25, 0.3) is 5.82 Å². The molecule has 0 aromatic carbocycles. The maximum atomic E-state index is 11.2. The molecule has 88 valence electrons. The lowest BCUT2D eigenvalue weighted by molar-refractivity contribution is 0.108. The second-order valence-corrected chi connectivity index (χ2v) is 4.42. The highest BCUT2D eigenvalue weighted by molar-refractivity contribution is 7.97. The van der Waals surface area contributed by atoms with E-state index in [4.69, 9.17) is 11.6 Å². The van der Waals surface area contributed by atoms with Gasteiger partial charge in [-0.2, -0.15) is 16.9 Å². The quantitative estimate of drug-likeness (QED) is 0.793. The highest BCUT2D eigenvalue weighted by Crippen LogP contribution is 2.17. The number of aromatic nitrogens is 4. The first-order chi connectivity index (χ1) is 8.22. The van der Waals surface area contributed by atoms with E-state index in [1.54, 1.807) is 30.2 Å². The molecule has 2 heterocycles. The van der Waals surface area contributed by atoms with E-state index in [0.717, 1.165) is 0 Å². The predicted octanol–water partition coefficient (Wildman–Crippen LogP) is 1.90. The summed E-state index contributed by atoms with van der Waals surface area (Å²) in [5.74, 6) is 1.24. The number of nitrogens with zero attached hydrogens (tertiary/aromatic N) is 4. The van der Waals surface area contributed by atoms with Gasteiger partial charge in [0, 0.05) is 5.75 Å². The third-order valence-corrected chi connectivity index (χ3v) is 2.87. The molecule has 0 atom stereocenters. The van der Waals surface area contributed by atoms with Crippen molar-refractivity contribution in [3.63, 3.8) is 0 Å². The summed E-state index contributed by atoms with van der Waals surface area (Å²) in [4.78, 5) is 19.4. The van der Waals surface area contributed by atoms with Crippen LogP contribution in [0.2, 0.25) is 0 Å². The molecule has 2 rings (SSSR count). The molecule has 0 radical (unpaired) electrons. The molecule has 0 amide bonds. The van der Waals surface area contributed by atoms with Gasteiger partial charge in [-0.25, -0.2) is 14.6 Å². The number of hydrogen-bond donors (Lipinski definition) is 0. The topological polar surface area (TPSA) is 60.7 Å². The number of rotatable bonds is 4. The molecule has 0 aliphatic heterocycles. The van der Waals surface area contributed by atoms with E-state index < -0.39 is 5.24 Å². The van der Waals surface area contributed by atoms with Crippen molar-refractivity contribution in [1.82, 2.24) is 19.7 Å². The molecule has 0 saturated heterocycles. The molecular formula is C10H9ClN4OS. The van der Waals surface area contributed by atoms with Crippen LogP contribution in [0, 0.1) is 0 Å². The van der Waals surface area contributed by atoms with E-state index >= 15 is 0 Å². The van der Waals surface area contributed by atoms with Gasteiger partial charge in [0.05, 0.1) is 11.3 Å². The van der Waals surface area contributed by atoms with Crippen molar-refractivity contribution in [2.24, 2.45) is 0 Å². The van der Waals surface area contributed by atoms with Gasteiger partial charge in [-0.05, 0) is 30.0 Å². The molecule has 7 heteroatoms. The van der Waals surface area contributed by atoms with Crippen LogP contribution in [-0.4, -0.2) is 31.2 Å². The minimum absolute atomic E-state index is 0.435. The van der Waals surface area contributed by atoms with Gasteiger partial charge in [0.25, 0.3) is 5.24 Å². The van der Waals surface area contributed by atoms with Crippen LogP contribution in [0.1, 0.15) is 16.1 Å². The highest BCUT2D eigenvalue weighted by atomic mass is 35.5. The molecular weight excluding hydrogens is 260 g/mol. The first-order valence-corrected chi connectivity index (χ1v) is 6.53. The molecule has 0 saturated carbocycles. The zero-order valence-corrected chi connectivity index (χ0v) is 10.6. The average molecular weight is 269 g/mol. The van der Waals surface area contributed by atoms with E-state index in [1.807, 2.05) is 6.26 Å². The van der Waals surface area contributed by atoms with Gasteiger partial charge in [-0.1, -0.05) is 0 Å². The minimum Gasteiger partial charge on any atom is -0.276 e. The van der Waals surface area contributed by atoms with Crippen LogP contribution in [0.15, 0.2) is 24.8 Å². The molecule has 5 nitrogen and oxygen atoms in total. The summed E-state index contributed by atoms with van der Waals surface area (Å²) < 4.78 is 1.53. The van der Waals surface area contributed by atoms with Crippen molar-refractivity contribution < 1.29 is 4.79 Å². The first-order valence-electron chi connectivity index (χ1n) is 4.76. The maximum Gasteiger partial charge on any atom is 0.254 e. The van der Waals surface area contributed by atoms with E-state index in [2.05, 4.69) is 15.1 Å². The van der Waals surface area contributed by atoms with Crippen molar-refractivity contribution in [1.29, 1.82) is 0 Å². The SMILES string of the molecule is CSCc1nc(-n2cncn2)ccc1C(=O)Cl. The van der Waals surface area contributed by atoms with Crippen LogP contribution in [0.4, 0.5) is 0 Å². The van der Waals surface area contributed by atoms with E-state index in [1.165, 1.54) is 11.0 Å². The van der Waals surface area contributed by atoms with Gasteiger partial charge in [-0.15, -0.1) is 0 Å². The Balaban J connectivity index is 2.45. The average Bonchev–Trinajstić information content (AvgIpc) is 2.82. The Labute approximate surface area is 107 Å². The Kier molecular flexibility index (Phi) is 3.75. The highest BCUT2D eigenvalue weighted by Gasteiger charge is 2.12. The molecule has 0 N–H and O–H groups in total. The molecule has 2 aromatic heterocycles. The van der Waals surface area contributed by atoms with Gasteiger partial charge < -0.3 is 0 Å². The Bertz CT molecular complexity index is 529. The zero-order valence-electron chi connectivity index (χ0n) is 9.00. The predicted molar refractivity (Wildman–Crippen MR) is 66.6 cm³/mol. The molecule has 0 unspecified atom stereocenters. The van der Waals surface area contributed by atoms with Gasteiger partial charge in [0.15, 0.2) is 5.82 Å². The lowest BCUT2D eigenvalue weighted by atomic mass is 10.2. The number of hydrogen-bond acceptors (Lipinski definition) is 5. The standard InChI is InChI=1S/C10H9ClN4OS/c1-17-4-8-7(10(11)16)2-3-9(14-8)15-6-12-5-13-15/h2-3,5-6H,4H2,1H3. The second-order valence-electron chi connectivity index (χ2n) is 3.21. The van der Waals surface area contributed by atoms with Gasteiger partial charge >= 0.3 is 0 Å². The summed E-state index contributed by atoms with van der Waals surface area (Å²) in [6, 6.07) is 3.35. The smallest absolute Gasteiger partial charge is 0.254 e. The third kappa shape index (κ3) is 2.65. The van der Waals surface area contributed by atoms with E-state index in [-0.39, 0.29) is 0 Å². The number of thioether (sulfide) groups is 1. The van der Waals surface area contributed by atoms with Crippen LogP contribution in [0.3, 0.4) is 0 Å². The van der Waals surface area contributed by atoms with E-state index in [9.17, 15) is 4.79 Å². The van der Waals surface area contributed by atoms with Crippen LogP contribution >= 0.6 is 23.4 Å². The molecule has 2 aromatic rings. The van der Waals surface area contributed by atoms with Crippen LogP contribution < -0.4 is 0 Å². The van der Waals surface area contributed by atoms with Crippen molar-refractivity contribution in [2.45, 2.75) is 5.75 Å². The van der Waals surface area contributed by atoms with Crippen molar-refractivity contribution in [3.05, 3.63) is 36.0 Å². The van der Waals surface area contributed by atoms with Crippen LogP contribution in [-0.2, 0) is 5.75 Å². The van der Waals surface area contributed by atoms with Gasteiger partial charge in [-0.3, -0.25) is 4.79 Å². The van der Waals surface area contributed by atoms with Gasteiger partial charge in [0.2, 0.25) is 0 Å². The minimum atomic E-state index is -0.494. The summed E-state index contributed by atoms with van der Waals surface area (Å²) in [5.41, 5.74) is 1.09. The zero-order chi connectivity index (χ0) is 12.3. The fourth-order valence-electron chi connectivity index (χ4n) is 1.37. The lowest BCUT2D eigenvalue weighted by Crippen LogP contribution is -2.05. The Morgan fingerprint density at radius 1 is 1.53 bits per heavy atom. The molecule has 0 aliphatic rings. The normalized spacial score (nSPS) is 10.5. The Morgan fingerprint density at radius 2 is 2.35 bits per heavy atom. The molecule has 17 heavy (non-hydrogen) atoms. The molecule has 0 spiro atoms. The molecule has 0 bridgehead atoms. The summed E-state index contributed by atoms with van der Waals surface area (Å²) in [5, 5.41) is 3.49. The Hall–Kier alpha value is -1.40. The van der Waals surface area contributed by atoms with Gasteiger partial charge in [0.1, 0.15) is 12.7 Å². The lowest BCUT2D eigenvalue weighted by Gasteiger charge is -2.06. The third-order valence-electron chi connectivity index (χ3n) is 2.11. The number of halogens is 1. The fraction of sp³-hybridized carbons (Fsp3) is 0.200. The second kappa shape index (κ2) is 5.29. The number of pyridine rings is 1. The fourth-order valence-corrected chi connectivity index (χ4v) is 2.04. The summed E-state index contributed by atoms with van der Waals surface area (Å²) in [7, 11) is 0. The van der Waals surface area contributed by atoms with E-state index in [0.29, 0.717) is 22.8 Å². The summed E-state index contributed by atoms with van der Waals surface area (Å²) >= 11 is 7.07. The molecule has 0 fully saturated rings. The first kappa shape index (κ1) is 12.1. The van der Waals surface area contributed by atoms with Crippen LogP contribution in [0.5, 0.6) is 0 Å².